The van der Waals surface area contributed by atoms with Crippen LogP contribution in [0.1, 0.15) is 56.5 Å². The molecule has 2 aromatic rings. The molecule has 7 nitrogen and oxygen atoms in total. The van der Waals surface area contributed by atoms with Crippen LogP contribution in [0, 0.1) is 0 Å². The number of carbonyl (C=O) groups is 2. The molecule has 0 aliphatic carbocycles. The van der Waals surface area contributed by atoms with Crippen molar-refractivity contribution >= 4 is 33.6 Å². The van der Waals surface area contributed by atoms with Crippen molar-refractivity contribution in [3.8, 4) is 5.75 Å². The molecule has 158 valence electrons. The molecule has 0 fully saturated rings. The minimum Gasteiger partial charge on any atom is -0.492 e. The van der Waals surface area contributed by atoms with Gasteiger partial charge in [0.2, 0.25) is 5.91 Å². The van der Waals surface area contributed by atoms with Gasteiger partial charge in [0.15, 0.2) is 0 Å². The molecule has 0 bridgehead atoms. The number of hydrogen-bond acceptors (Lipinski definition) is 5. The van der Waals surface area contributed by atoms with Crippen LogP contribution in [0.3, 0.4) is 0 Å². The van der Waals surface area contributed by atoms with E-state index in [1.807, 2.05) is 12.1 Å². The first-order valence-electron chi connectivity index (χ1n) is 9.55. The first kappa shape index (κ1) is 22.9. The lowest BCUT2D eigenvalue weighted by Crippen LogP contribution is -2.18. The quantitative estimate of drug-likeness (QED) is 0.459. The molecule has 0 aliphatic heterocycles. The maximum absolute atomic E-state index is 12.3. The summed E-state index contributed by atoms with van der Waals surface area (Å²) in [6.45, 7) is 8.85. The van der Waals surface area contributed by atoms with Crippen molar-refractivity contribution in [3.05, 3.63) is 40.0 Å². The van der Waals surface area contributed by atoms with E-state index in [9.17, 15) is 9.59 Å². The maximum atomic E-state index is 12.3. The number of hydrogen-bond donors (Lipinski definition) is 1. The molecule has 0 unspecified atom stereocenters. The van der Waals surface area contributed by atoms with Crippen LogP contribution < -0.4 is 10.1 Å². The highest BCUT2D eigenvalue weighted by Gasteiger charge is 2.19. The number of nitrogens with zero attached hydrogens (tertiary/aromatic N) is 2. The number of nitrogens with one attached hydrogen (secondary N) is 1. The molecule has 0 atom stereocenters. The van der Waals surface area contributed by atoms with E-state index in [4.69, 9.17) is 9.47 Å². The van der Waals surface area contributed by atoms with E-state index in [1.54, 1.807) is 14.0 Å². The fourth-order valence-corrected chi connectivity index (χ4v) is 3.13. The summed E-state index contributed by atoms with van der Waals surface area (Å²) in [4.78, 5) is 24.2. The summed E-state index contributed by atoms with van der Waals surface area (Å²) in [7, 11) is 1.65. The molecule has 1 N–H and O–H groups in total. The molecule has 0 radical (unpaired) electrons. The van der Waals surface area contributed by atoms with Gasteiger partial charge in [0.25, 0.3) is 0 Å². The number of esters is 1. The van der Waals surface area contributed by atoms with Gasteiger partial charge in [0.05, 0.1) is 23.9 Å². The van der Waals surface area contributed by atoms with Gasteiger partial charge in [-0.3, -0.25) is 9.48 Å². The topological polar surface area (TPSA) is 82.5 Å². The summed E-state index contributed by atoms with van der Waals surface area (Å²) < 4.78 is 13.1. The zero-order valence-electron chi connectivity index (χ0n) is 17.5. The molecule has 1 aromatic carbocycles. The smallest absolute Gasteiger partial charge is 0.343 e. The van der Waals surface area contributed by atoms with Crippen molar-refractivity contribution in [2.75, 3.05) is 18.5 Å². The number of amides is 1. The Balaban J connectivity index is 1.86. The summed E-state index contributed by atoms with van der Waals surface area (Å²) >= 11 is 3.54. The first-order chi connectivity index (χ1) is 13.6. The molecule has 0 spiro atoms. The number of aromatic nitrogens is 2. The lowest BCUT2D eigenvalue weighted by atomic mass is 9.87. The van der Waals surface area contributed by atoms with Crippen molar-refractivity contribution in [1.82, 2.24) is 9.78 Å². The Bertz CT molecular complexity index is 871. The van der Waals surface area contributed by atoms with Gasteiger partial charge in [-0.15, -0.1) is 0 Å². The second kappa shape index (κ2) is 9.91. The molecule has 0 aliphatic rings. The maximum Gasteiger partial charge on any atom is 0.343 e. The standard InChI is InChI=1S/C21H28BrN3O4/c1-6-28-20(27)15-13-23-25(5)19(15)24-18(26)8-7-11-29-17-10-9-14(12-16(17)22)21(2,3)4/h9-10,12-13H,6-8,11H2,1-5H3,(H,24,26). The largest absolute Gasteiger partial charge is 0.492 e. The molecular formula is C21H28BrN3O4. The minimum atomic E-state index is -0.511. The van der Waals surface area contributed by atoms with Gasteiger partial charge in [-0.05, 0) is 52.4 Å². The third-order valence-electron chi connectivity index (χ3n) is 4.30. The summed E-state index contributed by atoms with van der Waals surface area (Å²) in [5.41, 5.74) is 1.51. The number of carbonyl (C=O) groups excluding carboxylic acids is 2. The normalized spacial score (nSPS) is 11.2. The zero-order valence-corrected chi connectivity index (χ0v) is 19.1. The summed E-state index contributed by atoms with van der Waals surface area (Å²) in [5.74, 6) is 0.345. The van der Waals surface area contributed by atoms with Gasteiger partial charge in [0.1, 0.15) is 17.1 Å². The zero-order chi connectivity index (χ0) is 21.6. The number of anilines is 1. The Morgan fingerprint density at radius 2 is 2.00 bits per heavy atom. The van der Waals surface area contributed by atoms with Crippen molar-refractivity contribution in [2.24, 2.45) is 7.05 Å². The monoisotopic (exact) mass is 465 g/mol. The van der Waals surface area contributed by atoms with Crippen LogP contribution in [0.15, 0.2) is 28.9 Å². The average molecular weight is 466 g/mol. The Morgan fingerprint density at radius 3 is 2.62 bits per heavy atom. The SMILES string of the molecule is CCOC(=O)c1cnn(C)c1NC(=O)CCCOc1ccc(C(C)(C)C)cc1Br. The Hall–Kier alpha value is -2.35. The Kier molecular flexibility index (Phi) is 7.84. The van der Waals surface area contributed by atoms with Crippen LogP contribution >= 0.6 is 15.9 Å². The fourth-order valence-electron chi connectivity index (χ4n) is 2.64. The second-order valence-electron chi connectivity index (χ2n) is 7.65. The van der Waals surface area contributed by atoms with E-state index in [0.29, 0.717) is 18.8 Å². The molecular weight excluding hydrogens is 438 g/mol. The second-order valence-corrected chi connectivity index (χ2v) is 8.50. The number of aryl methyl sites for hydroxylation is 1. The molecule has 0 saturated carbocycles. The highest BCUT2D eigenvalue weighted by molar-refractivity contribution is 9.10. The summed E-state index contributed by atoms with van der Waals surface area (Å²) in [5, 5.41) is 6.74. The molecule has 1 heterocycles. The third kappa shape index (κ3) is 6.32. The van der Waals surface area contributed by atoms with Gasteiger partial charge < -0.3 is 14.8 Å². The van der Waals surface area contributed by atoms with Crippen LogP contribution in [0.2, 0.25) is 0 Å². The van der Waals surface area contributed by atoms with Crippen molar-refractivity contribution in [1.29, 1.82) is 0 Å². The average Bonchev–Trinajstić information content (AvgIpc) is 2.99. The van der Waals surface area contributed by atoms with Gasteiger partial charge >= 0.3 is 5.97 Å². The summed E-state index contributed by atoms with van der Waals surface area (Å²) in [6, 6.07) is 6.04. The molecule has 0 saturated heterocycles. The first-order valence-corrected chi connectivity index (χ1v) is 10.3. The van der Waals surface area contributed by atoms with Crippen molar-refractivity contribution in [3.63, 3.8) is 0 Å². The van der Waals surface area contributed by atoms with E-state index < -0.39 is 5.97 Å². The molecule has 29 heavy (non-hydrogen) atoms. The van der Waals surface area contributed by atoms with Crippen molar-refractivity contribution < 1.29 is 19.1 Å². The molecule has 2 rings (SSSR count). The summed E-state index contributed by atoms with van der Waals surface area (Å²) in [6.07, 6.45) is 2.17. The van der Waals surface area contributed by atoms with Gasteiger partial charge in [-0.25, -0.2) is 4.79 Å². The molecule has 1 aromatic heterocycles. The number of benzene rings is 1. The van der Waals surface area contributed by atoms with Crippen LogP contribution in [0.4, 0.5) is 5.82 Å². The predicted octanol–water partition coefficient (Wildman–Crippen LogP) is 4.45. The minimum absolute atomic E-state index is 0.0628. The van der Waals surface area contributed by atoms with Crippen LogP contribution in [-0.2, 0) is 22.0 Å². The third-order valence-corrected chi connectivity index (χ3v) is 4.92. The van der Waals surface area contributed by atoms with E-state index in [-0.39, 0.29) is 29.9 Å². The van der Waals surface area contributed by atoms with E-state index in [1.165, 1.54) is 16.4 Å². The van der Waals surface area contributed by atoms with Gasteiger partial charge in [-0.1, -0.05) is 26.8 Å². The number of ether oxygens (including phenoxy) is 2. The highest BCUT2D eigenvalue weighted by Crippen LogP contribution is 2.31. The van der Waals surface area contributed by atoms with Crippen LogP contribution in [0.5, 0.6) is 5.75 Å². The van der Waals surface area contributed by atoms with Gasteiger partial charge in [0, 0.05) is 13.5 Å². The van der Waals surface area contributed by atoms with E-state index in [0.717, 1.165) is 10.2 Å². The number of rotatable bonds is 8. The van der Waals surface area contributed by atoms with Crippen molar-refractivity contribution in [2.45, 2.75) is 46.0 Å². The van der Waals surface area contributed by atoms with E-state index >= 15 is 0 Å². The number of halogens is 1. The molecule has 1 amide bonds. The van der Waals surface area contributed by atoms with E-state index in [2.05, 4.69) is 53.2 Å². The lowest BCUT2D eigenvalue weighted by molar-refractivity contribution is -0.116. The predicted molar refractivity (Wildman–Crippen MR) is 115 cm³/mol. The van der Waals surface area contributed by atoms with Gasteiger partial charge in [-0.2, -0.15) is 5.10 Å². The molecule has 8 heteroatoms. The lowest BCUT2D eigenvalue weighted by Gasteiger charge is -2.20. The Morgan fingerprint density at radius 1 is 1.28 bits per heavy atom. The Labute approximate surface area is 179 Å². The fraction of sp³-hybridized carbons (Fsp3) is 0.476. The highest BCUT2D eigenvalue weighted by atomic mass is 79.9. The van der Waals surface area contributed by atoms with Crippen LogP contribution in [0.25, 0.3) is 0 Å². The van der Waals surface area contributed by atoms with Crippen LogP contribution in [-0.4, -0.2) is 34.9 Å².